The highest BCUT2D eigenvalue weighted by Crippen LogP contribution is 2.18. The van der Waals surface area contributed by atoms with Gasteiger partial charge in [0.2, 0.25) is 0 Å². The van der Waals surface area contributed by atoms with Crippen LogP contribution < -0.4 is 4.74 Å². The number of carboxylic acids is 1. The third kappa shape index (κ3) is 3.46. The number of methoxy groups -OCH3 is 1. The van der Waals surface area contributed by atoms with Gasteiger partial charge in [-0.2, -0.15) is 0 Å². The van der Waals surface area contributed by atoms with Crippen LogP contribution in [0.3, 0.4) is 0 Å². The van der Waals surface area contributed by atoms with Crippen LogP contribution in [0.1, 0.15) is 18.9 Å². The fourth-order valence-electron chi connectivity index (χ4n) is 1.21. The Morgan fingerprint density at radius 3 is 2.47 bits per heavy atom. The minimum atomic E-state index is -0.817. The fraction of sp³-hybridized carbons (Fsp3) is 0.250. The van der Waals surface area contributed by atoms with Crippen molar-refractivity contribution in [3.05, 3.63) is 35.9 Å². The summed E-state index contributed by atoms with van der Waals surface area (Å²) in [5.41, 5.74) is 1.97. The summed E-state index contributed by atoms with van der Waals surface area (Å²) in [6.07, 6.45) is 1.75. The van der Waals surface area contributed by atoms with Crippen LogP contribution in [0.5, 0.6) is 5.75 Å². The second kappa shape index (κ2) is 5.20. The van der Waals surface area contributed by atoms with Gasteiger partial charge < -0.3 is 9.84 Å². The maximum Gasteiger partial charge on any atom is 0.307 e. The molecule has 3 heteroatoms. The minimum Gasteiger partial charge on any atom is -0.497 e. The van der Waals surface area contributed by atoms with E-state index in [0.717, 1.165) is 16.9 Å². The molecule has 3 nitrogen and oxygen atoms in total. The minimum absolute atomic E-state index is 0.0534. The Balaban J connectivity index is 2.77. The summed E-state index contributed by atoms with van der Waals surface area (Å²) >= 11 is 0. The van der Waals surface area contributed by atoms with E-state index in [1.807, 2.05) is 31.2 Å². The summed E-state index contributed by atoms with van der Waals surface area (Å²) in [4.78, 5) is 10.4. The van der Waals surface area contributed by atoms with Gasteiger partial charge in [0, 0.05) is 0 Å². The molecule has 0 radical (unpaired) electrons. The van der Waals surface area contributed by atoms with Crippen LogP contribution in [0.4, 0.5) is 0 Å². The third-order valence-corrected chi connectivity index (χ3v) is 2.13. The second-order valence-corrected chi connectivity index (χ2v) is 3.21. The van der Waals surface area contributed by atoms with Crippen molar-refractivity contribution < 1.29 is 14.6 Å². The molecule has 0 heterocycles. The maximum atomic E-state index is 10.4. The molecule has 1 rings (SSSR count). The summed E-state index contributed by atoms with van der Waals surface area (Å²) < 4.78 is 5.03. The lowest BCUT2D eigenvalue weighted by molar-refractivity contribution is -0.135. The average molecular weight is 206 g/mol. The standard InChI is InChI=1S/C12H14O3/c1-9(3-8-12(13)14)10-4-6-11(15-2)7-5-10/h3-7H,8H2,1-2H3,(H,13,14)/b9-3-. The van der Waals surface area contributed by atoms with Crippen molar-refractivity contribution in [2.45, 2.75) is 13.3 Å². The molecule has 1 aromatic rings. The number of rotatable bonds is 4. The van der Waals surface area contributed by atoms with Gasteiger partial charge in [0.05, 0.1) is 13.5 Å². The summed E-state index contributed by atoms with van der Waals surface area (Å²) in [5, 5.41) is 8.53. The van der Waals surface area contributed by atoms with Gasteiger partial charge in [-0.05, 0) is 30.2 Å². The first-order chi connectivity index (χ1) is 7.13. The van der Waals surface area contributed by atoms with Crippen LogP contribution in [-0.4, -0.2) is 18.2 Å². The number of allylic oxidation sites excluding steroid dienone is 1. The van der Waals surface area contributed by atoms with Gasteiger partial charge in [-0.25, -0.2) is 0 Å². The van der Waals surface area contributed by atoms with Crippen molar-refractivity contribution in [2.24, 2.45) is 0 Å². The van der Waals surface area contributed by atoms with E-state index in [2.05, 4.69) is 0 Å². The van der Waals surface area contributed by atoms with Crippen LogP contribution in [0.25, 0.3) is 5.57 Å². The zero-order valence-corrected chi connectivity index (χ0v) is 8.86. The van der Waals surface area contributed by atoms with E-state index in [1.54, 1.807) is 13.2 Å². The van der Waals surface area contributed by atoms with Crippen molar-refractivity contribution >= 4 is 11.5 Å². The van der Waals surface area contributed by atoms with Crippen LogP contribution in [-0.2, 0) is 4.79 Å². The average Bonchev–Trinajstić information content (AvgIpc) is 2.26. The quantitative estimate of drug-likeness (QED) is 0.823. The fourth-order valence-corrected chi connectivity index (χ4v) is 1.21. The normalized spacial score (nSPS) is 11.2. The van der Waals surface area contributed by atoms with Crippen LogP contribution in [0.15, 0.2) is 30.3 Å². The highest BCUT2D eigenvalue weighted by molar-refractivity contribution is 5.73. The number of carboxylic acid groups (broad SMARTS) is 1. The van der Waals surface area contributed by atoms with E-state index in [1.165, 1.54) is 0 Å². The van der Waals surface area contributed by atoms with E-state index < -0.39 is 5.97 Å². The number of hydrogen-bond donors (Lipinski definition) is 1. The smallest absolute Gasteiger partial charge is 0.307 e. The summed E-state index contributed by atoms with van der Waals surface area (Å²) in [5.74, 6) is -0.0207. The Hall–Kier alpha value is -1.77. The van der Waals surface area contributed by atoms with E-state index in [9.17, 15) is 4.79 Å². The lowest BCUT2D eigenvalue weighted by Gasteiger charge is -2.03. The zero-order valence-electron chi connectivity index (χ0n) is 8.86. The highest BCUT2D eigenvalue weighted by atomic mass is 16.5. The second-order valence-electron chi connectivity index (χ2n) is 3.21. The first kappa shape index (κ1) is 11.3. The molecule has 0 aliphatic heterocycles. The summed E-state index contributed by atoms with van der Waals surface area (Å²) in [6.45, 7) is 1.89. The van der Waals surface area contributed by atoms with E-state index in [0.29, 0.717) is 0 Å². The Bertz CT molecular complexity index is 363. The molecule has 15 heavy (non-hydrogen) atoms. The van der Waals surface area contributed by atoms with Gasteiger partial charge in [0.15, 0.2) is 0 Å². The number of ether oxygens (including phenoxy) is 1. The Morgan fingerprint density at radius 2 is 2.00 bits per heavy atom. The molecule has 0 saturated carbocycles. The number of benzene rings is 1. The first-order valence-electron chi connectivity index (χ1n) is 4.66. The predicted molar refractivity (Wildman–Crippen MR) is 58.9 cm³/mol. The molecule has 0 bridgehead atoms. The third-order valence-electron chi connectivity index (χ3n) is 2.13. The molecule has 1 aromatic carbocycles. The summed E-state index contributed by atoms with van der Waals surface area (Å²) in [6, 6.07) is 7.53. The molecule has 1 N–H and O–H groups in total. The zero-order chi connectivity index (χ0) is 11.3. The Morgan fingerprint density at radius 1 is 1.40 bits per heavy atom. The van der Waals surface area contributed by atoms with Gasteiger partial charge in [-0.15, -0.1) is 0 Å². The van der Waals surface area contributed by atoms with Crippen LogP contribution in [0.2, 0.25) is 0 Å². The maximum absolute atomic E-state index is 10.4. The molecular formula is C12H14O3. The molecule has 0 aliphatic rings. The number of aliphatic carboxylic acids is 1. The van der Waals surface area contributed by atoms with E-state index in [-0.39, 0.29) is 6.42 Å². The largest absolute Gasteiger partial charge is 0.497 e. The van der Waals surface area contributed by atoms with Crippen molar-refractivity contribution in [1.82, 2.24) is 0 Å². The molecule has 0 aromatic heterocycles. The van der Waals surface area contributed by atoms with Crippen molar-refractivity contribution in [1.29, 1.82) is 0 Å². The predicted octanol–water partition coefficient (Wildman–Crippen LogP) is 2.57. The monoisotopic (exact) mass is 206 g/mol. The molecule has 0 saturated heterocycles. The molecule has 0 aliphatic carbocycles. The number of carbonyl (C=O) groups is 1. The highest BCUT2D eigenvalue weighted by Gasteiger charge is 1.98. The molecule has 0 spiro atoms. The topological polar surface area (TPSA) is 46.5 Å². The van der Waals surface area contributed by atoms with Crippen molar-refractivity contribution in [3.8, 4) is 5.75 Å². The van der Waals surface area contributed by atoms with Crippen molar-refractivity contribution in [3.63, 3.8) is 0 Å². The Kier molecular flexibility index (Phi) is 3.92. The lowest BCUT2D eigenvalue weighted by atomic mass is 10.1. The Labute approximate surface area is 89.0 Å². The molecule has 0 unspecified atom stereocenters. The van der Waals surface area contributed by atoms with E-state index >= 15 is 0 Å². The van der Waals surface area contributed by atoms with Gasteiger partial charge in [0.25, 0.3) is 0 Å². The van der Waals surface area contributed by atoms with Crippen molar-refractivity contribution in [2.75, 3.05) is 7.11 Å². The van der Waals surface area contributed by atoms with Gasteiger partial charge >= 0.3 is 5.97 Å². The van der Waals surface area contributed by atoms with Crippen LogP contribution in [0, 0.1) is 0 Å². The van der Waals surface area contributed by atoms with Gasteiger partial charge in [-0.3, -0.25) is 4.79 Å². The summed E-state index contributed by atoms with van der Waals surface area (Å²) in [7, 11) is 1.61. The molecule has 0 atom stereocenters. The SMILES string of the molecule is COc1ccc(/C(C)=C\CC(=O)O)cc1. The number of hydrogen-bond acceptors (Lipinski definition) is 2. The van der Waals surface area contributed by atoms with Crippen LogP contribution >= 0.6 is 0 Å². The van der Waals surface area contributed by atoms with Gasteiger partial charge in [0.1, 0.15) is 5.75 Å². The molecular weight excluding hydrogens is 192 g/mol. The molecule has 80 valence electrons. The molecule has 0 fully saturated rings. The lowest BCUT2D eigenvalue weighted by Crippen LogP contribution is -1.91. The molecule has 0 amide bonds. The first-order valence-corrected chi connectivity index (χ1v) is 4.66. The van der Waals surface area contributed by atoms with E-state index in [4.69, 9.17) is 9.84 Å². The van der Waals surface area contributed by atoms with Gasteiger partial charge in [-0.1, -0.05) is 18.2 Å².